The lowest BCUT2D eigenvalue weighted by molar-refractivity contribution is -0.120. The largest absolute Gasteiger partial charge is 0.496 e. The lowest BCUT2D eigenvalue weighted by Crippen LogP contribution is -2.25. The molecular weight excluding hydrogens is 370 g/mol. The molecule has 0 radical (unpaired) electrons. The van der Waals surface area contributed by atoms with Crippen molar-refractivity contribution in [2.45, 2.75) is 32.2 Å². The maximum absolute atomic E-state index is 12.4. The van der Waals surface area contributed by atoms with Gasteiger partial charge in [-0.25, -0.2) is 0 Å². The second kappa shape index (κ2) is 8.34. The van der Waals surface area contributed by atoms with Crippen LogP contribution in [0.4, 0.5) is 0 Å². The zero-order valence-corrected chi connectivity index (χ0v) is 16.5. The van der Waals surface area contributed by atoms with E-state index in [0.29, 0.717) is 23.7 Å². The minimum absolute atomic E-state index is 0.00933. The van der Waals surface area contributed by atoms with Gasteiger partial charge in [-0.3, -0.25) is 4.79 Å². The monoisotopic (exact) mass is 393 g/mol. The second-order valence-corrected chi connectivity index (χ2v) is 6.94. The van der Waals surface area contributed by atoms with Crippen LogP contribution in [0.1, 0.15) is 29.0 Å². The zero-order chi connectivity index (χ0) is 20.2. The fourth-order valence-electron chi connectivity index (χ4n) is 3.63. The van der Waals surface area contributed by atoms with Crippen LogP contribution >= 0.6 is 0 Å². The molecule has 1 N–H and O–H groups in total. The molecule has 1 aliphatic carbocycles. The molecule has 4 rings (SSSR count). The first-order valence-electron chi connectivity index (χ1n) is 9.59. The van der Waals surface area contributed by atoms with Gasteiger partial charge < -0.3 is 19.2 Å². The first-order chi connectivity index (χ1) is 14.2. The van der Waals surface area contributed by atoms with Crippen molar-refractivity contribution in [1.82, 2.24) is 15.5 Å². The van der Waals surface area contributed by atoms with Gasteiger partial charge in [0.2, 0.25) is 11.8 Å². The van der Waals surface area contributed by atoms with E-state index < -0.39 is 0 Å². The maximum Gasteiger partial charge on any atom is 0.251 e. The number of nitrogens with one attached hydrogen (secondary N) is 1. The molecule has 7 nitrogen and oxygen atoms in total. The van der Waals surface area contributed by atoms with Crippen molar-refractivity contribution in [2.24, 2.45) is 0 Å². The number of ether oxygens (including phenoxy) is 2. The molecule has 0 spiro atoms. The van der Waals surface area contributed by atoms with Gasteiger partial charge in [-0.05, 0) is 48.6 Å². The fourth-order valence-corrected chi connectivity index (χ4v) is 3.63. The number of para-hydroxylation sites is 1. The third-order valence-corrected chi connectivity index (χ3v) is 5.09. The Balaban J connectivity index is 1.40. The van der Waals surface area contributed by atoms with E-state index in [1.165, 1.54) is 17.5 Å². The van der Waals surface area contributed by atoms with Crippen LogP contribution in [0.2, 0.25) is 0 Å². The number of fused-ring (bicyclic) bond motifs is 1. The van der Waals surface area contributed by atoms with Gasteiger partial charge in [0.25, 0.3) is 5.89 Å². The number of aromatic nitrogens is 2. The third-order valence-electron chi connectivity index (χ3n) is 5.09. The fraction of sp³-hybridized carbons (Fsp3) is 0.318. The number of carbonyl (C=O) groups is 1. The second-order valence-electron chi connectivity index (χ2n) is 6.94. The Labute approximate surface area is 169 Å². The number of rotatable bonds is 7. The molecule has 0 bridgehead atoms. The number of benzene rings is 2. The number of methoxy groups -OCH3 is 2. The maximum atomic E-state index is 12.4. The summed E-state index contributed by atoms with van der Waals surface area (Å²) >= 11 is 0. The van der Waals surface area contributed by atoms with Crippen LogP contribution in [0.15, 0.2) is 40.8 Å². The van der Waals surface area contributed by atoms with E-state index in [1.54, 1.807) is 14.2 Å². The average molecular weight is 393 g/mol. The van der Waals surface area contributed by atoms with E-state index in [0.717, 1.165) is 24.2 Å². The lowest BCUT2D eigenvalue weighted by atomic mass is 10.0. The molecule has 2 aromatic carbocycles. The number of aryl methyl sites for hydroxylation is 2. The van der Waals surface area contributed by atoms with Crippen LogP contribution in [0, 0.1) is 0 Å². The molecule has 0 fully saturated rings. The van der Waals surface area contributed by atoms with E-state index >= 15 is 0 Å². The quantitative estimate of drug-likeness (QED) is 0.664. The standard InChI is InChI=1S/C22H23N3O4/c1-27-18-9-4-3-8-17(18)22-25-24-21(29-22)12-20(26)23-13-16-10-14-6-5-7-15(14)11-19(16)28-2/h3-4,8-11H,5-7,12-13H2,1-2H3,(H,23,26). The number of nitrogens with zero attached hydrogens (tertiary/aromatic N) is 2. The number of hydrogen-bond donors (Lipinski definition) is 1. The van der Waals surface area contributed by atoms with Gasteiger partial charge in [0, 0.05) is 12.1 Å². The number of amides is 1. The van der Waals surface area contributed by atoms with Crippen LogP contribution in [-0.2, 0) is 30.6 Å². The molecule has 7 heteroatoms. The molecule has 1 amide bonds. The molecule has 0 saturated heterocycles. The number of hydrogen-bond acceptors (Lipinski definition) is 6. The van der Waals surface area contributed by atoms with Crippen LogP contribution in [-0.4, -0.2) is 30.3 Å². The summed E-state index contributed by atoms with van der Waals surface area (Å²) in [6.07, 6.45) is 3.34. The van der Waals surface area contributed by atoms with Crippen LogP contribution in [0.3, 0.4) is 0 Å². The van der Waals surface area contributed by atoms with Crippen LogP contribution in [0.5, 0.6) is 11.5 Å². The third kappa shape index (κ3) is 4.08. The normalized spacial score (nSPS) is 12.5. The van der Waals surface area contributed by atoms with Crippen molar-refractivity contribution >= 4 is 5.91 Å². The highest BCUT2D eigenvalue weighted by Crippen LogP contribution is 2.30. The molecule has 0 atom stereocenters. The van der Waals surface area contributed by atoms with Gasteiger partial charge >= 0.3 is 0 Å². The molecule has 0 unspecified atom stereocenters. The van der Waals surface area contributed by atoms with Crippen molar-refractivity contribution < 1.29 is 18.7 Å². The van der Waals surface area contributed by atoms with Crippen molar-refractivity contribution in [2.75, 3.05) is 14.2 Å². The number of carbonyl (C=O) groups excluding carboxylic acids is 1. The summed E-state index contributed by atoms with van der Waals surface area (Å²) in [6, 6.07) is 11.6. The Bertz CT molecular complexity index is 1030. The topological polar surface area (TPSA) is 86.5 Å². The van der Waals surface area contributed by atoms with E-state index in [-0.39, 0.29) is 18.2 Å². The predicted molar refractivity (Wildman–Crippen MR) is 107 cm³/mol. The average Bonchev–Trinajstić information content (AvgIpc) is 3.40. The summed E-state index contributed by atoms with van der Waals surface area (Å²) in [5, 5.41) is 10.9. The molecule has 1 heterocycles. The minimum Gasteiger partial charge on any atom is -0.496 e. The lowest BCUT2D eigenvalue weighted by Gasteiger charge is -2.12. The molecule has 29 heavy (non-hydrogen) atoms. The van der Waals surface area contributed by atoms with Gasteiger partial charge in [0.1, 0.15) is 17.9 Å². The first-order valence-corrected chi connectivity index (χ1v) is 9.59. The molecule has 1 aliphatic rings. The SMILES string of the molecule is COc1cc2c(cc1CNC(=O)Cc1nnc(-c3ccccc3OC)o1)CCC2. The van der Waals surface area contributed by atoms with Gasteiger partial charge in [-0.15, -0.1) is 10.2 Å². The summed E-state index contributed by atoms with van der Waals surface area (Å²) in [5.41, 5.74) is 4.35. The highest BCUT2D eigenvalue weighted by Gasteiger charge is 2.17. The highest BCUT2D eigenvalue weighted by atomic mass is 16.5. The van der Waals surface area contributed by atoms with E-state index in [1.807, 2.05) is 24.3 Å². The van der Waals surface area contributed by atoms with Crippen molar-refractivity contribution in [1.29, 1.82) is 0 Å². The van der Waals surface area contributed by atoms with Crippen LogP contribution in [0.25, 0.3) is 11.5 Å². The molecule has 150 valence electrons. The van der Waals surface area contributed by atoms with Gasteiger partial charge in [-0.2, -0.15) is 0 Å². The first kappa shape index (κ1) is 19.0. The molecule has 0 aliphatic heterocycles. The molecule has 0 saturated carbocycles. The van der Waals surface area contributed by atoms with E-state index in [9.17, 15) is 4.79 Å². The highest BCUT2D eigenvalue weighted by molar-refractivity contribution is 5.77. The summed E-state index contributed by atoms with van der Waals surface area (Å²) in [4.78, 5) is 12.4. The van der Waals surface area contributed by atoms with Crippen LogP contribution < -0.4 is 14.8 Å². The van der Waals surface area contributed by atoms with Gasteiger partial charge in [-0.1, -0.05) is 18.2 Å². The van der Waals surface area contributed by atoms with Crippen molar-refractivity contribution in [3.05, 3.63) is 59.0 Å². The zero-order valence-electron chi connectivity index (χ0n) is 16.5. The summed E-state index contributed by atoms with van der Waals surface area (Å²) in [5.74, 6) is 1.83. The van der Waals surface area contributed by atoms with Gasteiger partial charge in [0.15, 0.2) is 0 Å². The van der Waals surface area contributed by atoms with E-state index in [4.69, 9.17) is 13.9 Å². The summed E-state index contributed by atoms with van der Waals surface area (Å²) in [7, 11) is 3.23. The Morgan fingerprint density at radius 2 is 1.83 bits per heavy atom. The Morgan fingerprint density at radius 3 is 2.62 bits per heavy atom. The molecule has 3 aromatic rings. The smallest absolute Gasteiger partial charge is 0.251 e. The predicted octanol–water partition coefficient (Wildman–Crippen LogP) is 3.10. The van der Waals surface area contributed by atoms with E-state index in [2.05, 4.69) is 27.6 Å². The van der Waals surface area contributed by atoms with Gasteiger partial charge in [0.05, 0.1) is 19.8 Å². The summed E-state index contributed by atoms with van der Waals surface area (Å²) in [6.45, 7) is 0.392. The van der Waals surface area contributed by atoms with Crippen molar-refractivity contribution in [3.63, 3.8) is 0 Å². The Morgan fingerprint density at radius 1 is 1.07 bits per heavy atom. The van der Waals surface area contributed by atoms with Crippen molar-refractivity contribution in [3.8, 4) is 23.0 Å². The molecule has 1 aromatic heterocycles. The summed E-state index contributed by atoms with van der Waals surface area (Å²) < 4.78 is 16.5. The molecular formula is C22H23N3O4. The Kier molecular flexibility index (Phi) is 5.46. The Hall–Kier alpha value is -3.35. The minimum atomic E-state index is -0.192.